The summed E-state index contributed by atoms with van der Waals surface area (Å²) in [6, 6.07) is 8.03. The van der Waals surface area contributed by atoms with Crippen molar-refractivity contribution in [1.29, 1.82) is 0 Å². The molecule has 2 N–H and O–H groups in total. The van der Waals surface area contributed by atoms with Crippen LogP contribution in [0.4, 0.5) is 4.79 Å². The predicted molar refractivity (Wildman–Crippen MR) is 125 cm³/mol. The van der Waals surface area contributed by atoms with Crippen molar-refractivity contribution in [3.8, 4) is 0 Å². The van der Waals surface area contributed by atoms with Crippen LogP contribution < -0.4 is 10.6 Å². The van der Waals surface area contributed by atoms with Gasteiger partial charge in [0.05, 0.1) is 6.61 Å². The highest BCUT2D eigenvalue weighted by Gasteiger charge is 2.51. The molecule has 2 amide bonds. The lowest BCUT2D eigenvalue weighted by molar-refractivity contribution is -0.277. The first-order valence-corrected chi connectivity index (χ1v) is 11.5. The normalized spacial score (nSPS) is 22.8. The van der Waals surface area contributed by atoms with Crippen LogP contribution >= 0.6 is 0 Å². The zero-order chi connectivity index (χ0) is 27.4. The highest BCUT2D eigenvalue weighted by molar-refractivity contribution is 5.73. The minimum absolute atomic E-state index is 0.0144. The Balaban J connectivity index is 2.07. The molecule has 37 heavy (non-hydrogen) atoms. The molecule has 0 aromatic heterocycles. The summed E-state index contributed by atoms with van der Waals surface area (Å²) in [6.45, 7) is 4.37. The maximum absolute atomic E-state index is 12.0. The van der Waals surface area contributed by atoms with Crippen molar-refractivity contribution in [2.75, 3.05) is 19.8 Å². The molecular weight excluding hydrogens is 492 g/mol. The quantitative estimate of drug-likeness (QED) is 0.236. The maximum atomic E-state index is 12.0. The number of hydrogen-bond donors (Lipinski definition) is 2. The first-order valence-electron chi connectivity index (χ1n) is 11.5. The third-order valence-corrected chi connectivity index (χ3v) is 4.94. The number of ether oxygens (including phenoxy) is 6. The standard InChI is InChI=1S/C24H32N2O11/c1-14(27)26-20-22(36-17(4)30)21(35-16(3)29)19(13-33-15(2)28)37-23(20)32-11-10-25-24(31)34-12-18-8-6-5-7-9-18/h5-9,19-23H,10-13H2,1-4H3,(H,25,31)(H,26,27)/t19-,20-,21-,22-,23-/m1/s1. The van der Waals surface area contributed by atoms with Crippen LogP contribution in [-0.2, 0) is 54.2 Å². The van der Waals surface area contributed by atoms with Crippen molar-refractivity contribution >= 4 is 29.9 Å². The van der Waals surface area contributed by atoms with Gasteiger partial charge in [-0.1, -0.05) is 30.3 Å². The van der Waals surface area contributed by atoms with Crippen LogP contribution in [0, 0.1) is 0 Å². The molecule has 204 valence electrons. The van der Waals surface area contributed by atoms with Crippen LogP contribution in [0.3, 0.4) is 0 Å². The lowest BCUT2D eigenvalue weighted by atomic mass is 9.96. The smallest absolute Gasteiger partial charge is 0.407 e. The molecule has 2 rings (SSSR count). The van der Waals surface area contributed by atoms with E-state index in [1.54, 1.807) is 0 Å². The fraction of sp³-hybridized carbons (Fsp3) is 0.542. The molecule has 0 unspecified atom stereocenters. The van der Waals surface area contributed by atoms with Crippen molar-refractivity contribution in [3.05, 3.63) is 35.9 Å². The molecule has 1 saturated heterocycles. The Labute approximate surface area is 214 Å². The SMILES string of the molecule is CC(=O)N[C@H]1[C@H](OCCNC(=O)OCc2ccccc2)O[C@H](COC(C)=O)[C@@H](OC(C)=O)[C@@H]1OC(C)=O. The zero-order valence-electron chi connectivity index (χ0n) is 21.1. The highest BCUT2D eigenvalue weighted by atomic mass is 16.7. The van der Waals surface area contributed by atoms with E-state index in [-0.39, 0.29) is 26.4 Å². The van der Waals surface area contributed by atoms with Crippen LogP contribution in [0.2, 0.25) is 0 Å². The van der Waals surface area contributed by atoms with Crippen LogP contribution in [-0.4, -0.2) is 80.3 Å². The molecule has 0 spiro atoms. The molecule has 1 aromatic rings. The average molecular weight is 525 g/mol. The van der Waals surface area contributed by atoms with Crippen LogP contribution in [0.1, 0.15) is 33.3 Å². The molecule has 1 aromatic carbocycles. The number of amides is 2. The number of carbonyl (C=O) groups is 5. The van der Waals surface area contributed by atoms with Crippen molar-refractivity contribution < 1.29 is 52.4 Å². The van der Waals surface area contributed by atoms with E-state index in [0.717, 1.165) is 19.4 Å². The molecule has 13 heteroatoms. The molecule has 0 bridgehead atoms. The zero-order valence-corrected chi connectivity index (χ0v) is 21.1. The van der Waals surface area contributed by atoms with E-state index in [1.165, 1.54) is 13.8 Å². The molecule has 0 aliphatic carbocycles. The van der Waals surface area contributed by atoms with Gasteiger partial charge in [0.2, 0.25) is 5.91 Å². The second-order valence-electron chi connectivity index (χ2n) is 8.08. The van der Waals surface area contributed by atoms with E-state index in [4.69, 9.17) is 28.4 Å². The predicted octanol–water partition coefficient (Wildman–Crippen LogP) is 0.586. The first-order chi connectivity index (χ1) is 17.6. The van der Waals surface area contributed by atoms with Gasteiger partial charge in [0.25, 0.3) is 0 Å². The van der Waals surface area contributed by atoms with Gasteiger partial charge < -0.3 is 39.1 Å². The molecular formula is C24H32N2O11. The molecule has 1 aliphatic heterocycles. The number of esters is 3. The third-order valence-electron chi connectivity index (χ3n) is 4.94. The van der Waals surface area contributed by atoms with Crippen LogP contribution in [0.25, 0.3) is 0 Å². The summed E-state index contributed by atoms with van der Waals surface area (Å²) in [7, 11) is 0. The van der Waals surface area contributed by atoms with Gasteiger partial charge in [-0.3, -0.25) is 19.2 Å². The molecule has 5 atom stereocenters. The summed E-state index contributed by atoms with van der Waals surface area (Å²) in [5.41, 5.74) is 0.820. The molecule has 0 saturated carbocycles. The van der Waals surface area contributed by atoms with Gasteiger partial charge in [0.15, 0.2) is 18.5 Å². The number of hydrogen-bond acceptors (Lipinski definition) is 11. The summed E-state index contributed by atoms with van der Waals surface area (Å²) in [5, 5.41) is 5.11. The Morgan fingerprint density at radius 1 is 0.865 bits per heavy atom. The number of carbonyl (C=O) groups excluding carboxylic acids is 5. The summed E-state index contributed by atoms with van der Waals surface area (Å²) in [4.78, 5) is 58.9. The van der Waals surface area contributed by atoms with E-state index in [0.29, 0.717) is 0 Å². The number of benzene rings is 1. The lowest BCUT2D eigenvalue weighted by Crippen LogP contribution is -2.66. The van der Waals surface area contributed by atoms with E-state index < -0.39 is 60.6 Å². The van der Waals surface area contributed by atoms with Crippen molar-refractivity contribution in [3.63, 3.8) is 0 Å². The Hall–Kier alpha value is -3.71. The molecule has 1 fully saturated rings. The maximum Gasteiger partial charge on any atom is 0.407 e. The summed E-state index contributed by atoms with van der Waals surface area (Å²) >= 11 is 0. The van der Waals surface area contributed by atoms with Crippen molar-refractivity contribution in [2.45, 2.75) is 64.9 Å². The lowest BCUT2D eigenvalue weighted by Gasteiger charge is -2.44. The fourth-order valence-corrected chi connectivity index (χ4v) is 3.54. The average Bonchev–Trinajstić information content (AvgIpc) is 2.82. The Morgan fingerprint density at radius 2 is 1.51 bits per heavy atom. The van der Waals surface area contributed by atoms with Gasteiger partial charge in [0, 0.05) is 34.2 Å². The van der Waals surface area contributed by atoms with Crippen molar-refractivity contribution in [1.82, 2.24) is 10.6 Å². The van der Waals surface area contributed by atoms with Crippen LogP contribution in [0.5, 0.6) is 0 Å². The van der Waals surface area contributed by atoms with E-state index >= 15 is 0 Å². The van der Waals surface area contributed by atoms with Gasteiger partial charge in [-0.2, -0.15) is 0 Å². The second kappa shape index (κ2) is 14.8. The van der Waals surface area contributed by atoms with Gasteiger partial charge in [-0.15, -0.1) is 0 Å². The molecule has 1 heterocycles. The third kappa shape index (κ3) is 10.4. The first kappa shape index (κ1) is 29.5. The molecule has 0 radical (unpaired) electrons. The summed E-state index contributed by atoms with van der Waals surface area (Å²) in [5.74, 6) is -2.54. The Morgan fingerprint density at radius 3 is 2.11 bits per heavy atom. The van der Waals surface area contributed by atoms with E-state index in [1.807, 2.05) is 30.3 Å². The van der Waals surface area contributed by atoms with E-state index in [9.17, 15) is 24.0 Å². The molecule has 1 aliphatic rings. The number of rotatable bonds is 11. The highest BCUT2D eigenvalue weighted by Crippen LogP contribution is 2.28. The number of nitrogens with one attached hydrogen (secondary N) is 2. The van der Waals surface area contributed by atoms with Gasteiger partial charge in [-0.05, 0) is 5.56 Å². The Kier molecular flexibility index (Phi) is 11.8. The summed E-state index contributed by atoms with van der Waals surface area (Å²) in [6.07, 6.45) is -5.42. The van der Waals surface area contributed by atoms with E-state index in [2.05, 4.69) is 10.6 Å². The van der Waals surface area contributed by atoms with Gasteiger partial charge in [-0.25, -0.2) is 4.79 Å². The number of alkyl carbamates (subject to hydrolysis) is 1. The monoisotopic (exact) mass is 524 g/mol. The minimum atomic E-state index is -1.23. The van der Waals surface area contributed by atoms with Gasteiger partial charge in [0.1, 0.15) is 25.4 Å². The second-order valence-corrected chi connectivity index (χ2v) is 8.08. The Bertz CT molecular complexity index is 940. The molecule has 13 nitrogen and oxygen atoms in total. The summed E-state index contributed by atoms with van der Waals surface area (Å²) < 4.78 is 32.4. The topological polar surface area (TPSA) is 165 Å². The fourth-order valence-electron chi connectivity index (χ4n) is 3.54. The van der Waals surface area contributed by atoms with Crippen molar-refractivity contribution in [2.24, 2.45) is 0 Å². The largest absolute Gasteiger partial charge is 0.463 e. The van der Waals surface area contributed by atoms with Gasteiger partial charge >= 0.3 is 24.0 Å². The van der Waals surface area contributed by atoms with Crippen LogP contribution in [0.15, 0.2) is 30.3 Å². The minimum Gasteiger partial charge on any atom is -0.463 e.